The molecule has 0 saturated carbocycles. The summed E-state index contributed by atoms with van der Waals surface area (Å²) in [6.45, 7) is 2.11. The predicted molar refractivity (Wildman–Crippen MR) is 84.7 cm³/mol. The molecular weight excluding hydrogens is 274 g/mol. The van der Waals surface area contributed by atoms with Crippen LogP contribution in [0, 0.1) is 6.92 Å². The molecule has 0 spiro atoms. The van der Waals surface area contributed by atoms with Crippen LogP contribution in [-0.2, 0) is 0 Å². The van der Waals surface area contributed by atoms with Crippen LogP contribution in [-0.4, -0.2) is 4.98 Å². The Morgan fingerprint density at radius 1 is 1.11 bits per heavy atom. The number of thiophene rings is 1. The fraction of sp³-hybridized carbons (Fsp3) is 0.0625. The summed E-state index contributed by atoms with van der Waals surface area (Å²) in [4.78, 5) is 5.87. The van der Waals surface area contributed by atoms with E-state index in [2.05, 4.69) is 35.5 Å². The third kappa shape index (κ3) is 2.70. The van der Waals surface area contributed by atoms with E-state index in [1.807, 2.05) is 30.3 Å². The molecule has 2 heterocycles. The van der Waals surface area contributed by atoms with Crippen LogP contribution in [0.5, 0.6) is 0 Å². The Bertz CT molecular complexity index is 758. The van der Waals surface area contributed by atoms with Crippen molar-refractivity contribution >= 4 is 46.0 Å². The molecule has 0 aliphatic carbocycles. The molecule has 0 saturated heterocycles. The van der Waals surface area contributed by atoms with Crippen LogP contribution in [0.15, 0.2) is 41.8 Å². The normalized spacial score (nSPS) is 11.5. The molecule has 3 aromatic rings. The molecule has 2 aromatic heterocycles. The van der Waals surface area contributed by atoms with Crippen molar-refractivity contribution in [1.82, 2.24) is 4.98 Å². The first kappa shape index (κ1) is 12.4. The number of benzene rings is 1. The zero-order valence-electron chi connectivity index (χ0n) is 10.4. The summed E-state index contributed by atoms with van der Waals surface area (Å²) >= 11 is 7.73. The molecule has 0 atom stereocenters. The smallest absolute Gasteiger partial charge is 0.0724 e. The molecule has 0 bridgehead atoms. The highest BCUT2D eigenvalue weighted by Crippen LogP contribution is 2.21. The number of nitrogens with zero attached hydrogens (tertiary/aromatic N) is 1. The van der Waals surface area contributed by atoms with E-state index in [-0.39, 0.29) is 0 Å². The number of halogens is 1. The minimum atomic E-state index is 0.718. The van der Waals surface area contributed by atoms with Gasteiger partial charge in [0.2, 0.25) is 0 Å². The summed E-state index contributed by atoms with van der Waals surface area (Å²) in [5.41, 5.74) is 3.17. The molecule has 0 amide bonds. The van der Waals surface area contributed by atoms with E-state index < -0.39 is 0 Å². The largest absolute Gasteiger partial charge is 0.248 e. The lowest BCUT2D eigenvalue weighted by atomic mass is 10.2. The third-order valence-corrected chi connectivity index (χ3v) is 4.20. The molecule has 0 N–H and O–H groups in total. The lowest BCUT2D eigenvalue weighted by Crippen LogP contribution is -1.83. The third-order valence-electron chi connectivity index (χ3n) is 2.98. The van der Waals surface area contributed by atoms with Gasteiger partial charge < -0.3 is 0 Å². The van der Waals surface area contributed by atoms with Gasteiger partial charge in [0.1, 0.15) is 0 Å². The Kier molecular flexibility index (Phi) is 3.36. The van der Waals surface area contributed by atoms with Crippen LogP contribution in [0.3, 0.4) is 0 Å². The Balaban J connectivity index is 1.97. The van der Waals surface area contributed by atoms with Crippen LogP contribution in [0.25, 0.3) is 23.1 Å². The first-order valence-corrected chi connectivity index (χ1v) is 7.27. The van der Waals surface area contributed by atoms with Gasteiger partial charge in [-0.15, -0.1) is 11.3 Å². The van der Waals surface area contributed by atoms with Crippen LogP contribution in [0.4, 0.5) is 0 Å². The highest BCUT2D eigenvalue weighted by molar-refractivity contribution is 7.11. The molecule has 3 rings (SSSR count). The van der Waals surface area contributed by atoms with Crippen molar-refractivity contribution in [3.8, 4) is 0 Å². The highest BCUT2D eigenvalue weighted by Gasteiger charge is 1.98. The molecule has 1 nitrogen and oxygen atoms in total. The van der Waals surface area contributed by atoms with E-state index in [9.17, 15) is 0 Å². The zero-order chi connectivity index (χ0) is 13.2. The maximum Gasteiger partial charge on any atom is 0.0724 e. The summed E-state index contributed by atoms with van der Waals surface area (Å²) in [7, 11) is 0. The first-order valence-electron chi connectivity index (χ1n) is 6.01. The monoisotopic (exact) mass is 285 g/mol. The summed E-state index contributed by atoms with van der Waals surface area (Å²) < 4.78 is 0. The number of pyridine rings is 1. The van der Waals surface area contributed by atoms with Crippen molar-refractivity contribution in [2.24, 2.45) is 0 Å². The maximum atomic E-state index is 5.99. The molecule has 0 aliphatic heterocycles. The number of hydrogen-bond acceptors (Lipinski definition) is 2. The van der Waals surface area contributed by atoms with Crippen molar-refractivity contribution in [2.45, 2.75) is 6.92 Å². The Labute approximate surface area is 121 Å². The van der Waals surface area contributed by atoms with Gasteiger partial charge in [0.15, 0.2) is 0 Å². The van der Waals surface area contributed by atoms with E-state index in [4.69, 9.17) is 11.6 Å². The number of fused-ring (bicyclic) bond motifs is 1. The van der Waals surface area contributed by atoms with E-state index in [0.717, 1.165) is 21.6 Å². The van der Waals surface area contributed by atoms with Gasteiger partial charge in [-0.2, -0.15) is 0 Å². The quantitative estimate of drug-likeness (QED) is 0.612. The Morgan fingerprint density at radius 2 is 1.95 bits per heavy atom. The second-order valence-electron chi connectivity index (χ2n) is 4.37. The van der Waals surface area contributed by atoms with Gasteiger partial charge >= 0.3 is 0 Å². The van der Waals surface area contributed by atoms with E-state index in [0.29, 0.717) is 0 Å². The molecule has 0 unspecified atom stereocenters. The molecule has 94 valence electrons. The van der Waals surface area contributed by atoms with Gasteiger partial charge in [-0.05, 0) is 54.3 Å². The van der Waals surface area contributed by atoms with E-state index in [1.54, 1.807) is 11.3 Å². The summed E-state index contributed by atoms with van der Waals surface area (Å²) in [6, 6.07) is 12.0. The average molecular weight is 286 g/mol. The topological polar surface area (TPSA) is 12.9 Å². The van der Waals surface area contributed by atoms with Crippen molar-refractivity contribution in [1.29, 1.82) is 0 Å². The minimum absolute atomic E-state index is 0.718. The zero-order valence-corrected chi connectivity index (χ0v) is 12.0. The number of rotatable bonds is 2. The van der Waals surface area contributed by atoms with Gasteiger partial charge in [-0.3, -0.25) is 0 Å². The molecule has 3 heteroatoms. The highest BCUT2D eigenvalue weighted by atomic mass is 35.5. The summed E-state index contributed by atoms with van der Waals surface area (Å²) in [5.74, 6) is 0. The predicted octanol–water partition coefficient (Wildman–Crippen LogP) is 5.43. The average Bonchev–Trinajstić information content (AvgIpc) is 2.81. The molecule has 0 radical (unpaired) electrons. The van der Waals surface area contributed by atoms with E-state index in [1.165, 1.54) is 10.4 Å². The number of hydrogen-bond donors (Lipinski definition) is 0. The van der Waals surface area contributed by atoms with Crippen LogP contribution in [0.2, 0.25) is 5.02 Å². The molecule has 19 heavy (non-hydrogen) atoms. The minimum Gasteiger partial charge on any atom is -0.248 e. The second kappa shape index (κ2) is 5.16. The molecule has 1 aromatic carbocycles. The molecular formula is C16H12ClNS. The van der Waals surface area contributed by atoms with Crippen molar-refractivity contribution in [2.75, 3.05) is 0 Å². The van der Waals surface area contributed by atoms with E-state index >= 15 is 0 Å². The van der Waals surface area contributed by atoms with Crippen LogP contribution < -0.4 is 0 Å². The maximum absolute atomic E-state index is 5.99. The standard InChI is InChI=1S/C16H12ClNS/c1-11-8-9-19-16(11)7-6-14-5-3-12-2-4-13(17)10-15(12)18-14/h2-10H,1H3/b7-6+. The summed E-state index contributed by atoms with van der Waals surface area (Å²) in [5, 5.41) is 3.92. The molecule has 0 aliphatic rings. The molecule has 0 fully saturated rings. The van der Waals surface area contributed by atoms with Gasteiger partial charge in [-0.25, -0.2) is 4.98 Å². The van der Waals surface area contributed by atoms with Gasteiger partial charge in [0.05, 0.1) is 11.2 Å². The lowest BCUT2D eigenvalue weighted by Gasteiger charge is -1.99. The van der Waals surface area contributed by atoms with Gasteiger partial charge in [0, 0.05) is 15.3 Å². The lowest BCUT2D eigenvalue weighted by molar-refractivity contribution is 1.37. The fourth-order valence-electron chi connectivity index (χ4n) is 1.92. The first-order chi connectivity index (χ1) is 9.22. The summed E-state index contributed by atoms with van der Waals surface area (Å²) in [6.07, 6.45) is 4.15. The van der Waals surface area contributed by atoms with Crippen LogP contribution in [0.1, 0.15) is 16.1 Å². The fourth-order valence-corrected chi connectivity index (χ4v) is 2.90. The Morgan fingerprint density at radius 3 is 2.74 bits per heavy atom. The van der Waals surface area contributed by atoms with Crippen molar-refractivity contribution in [3.05, 3.63) is 62.9 Å². The van der Waals surface area contributed by atoms with Gasteiger partial charge in [0.25, 0.3) is 0 Å². The second-order valence-corrected chi connectivity index (χ2v) is 5.76. The van der Waals surface area contributed by atoms with Gasteiger partial charge in [-0.1, -0.05) is 23.7 Å². The number of aryl methyl sites for hydroxylation is 1. The number of aromatic nitrogens is 1. The Hall–Kier alpha value is -1.64. The van der Waals surface area contributed by atoms with Crippen LogP contribution >= 0.6 is 22.9 Å². The SMILES string of the molecule is Cc1ccsc1/C=C/c1ccc2ccc(Cl)cc2n1. The van der Waals surface area contributed by atoms with Crippen molar-refractivity contribution < 1.29 is 0 Å². The van der Waals surface area contributed by atoms with Crippen molar-refractivity contribution in [3.63, 3.8) is 0 Å².